The van der Waals surface area contributed by atoms with E-state index >= 15 is 0 Å². The zero-order valence-corrected chi connectivity index (χ0v) is 19.2. The van der Waals surface area contributed by atoms with Crippen molar-refractivity contribution in [2.45, 2.75) is 18.6 Å². The summed E-state index contributed by atoms with van der Waals surface area (Å²) in [4.78, 5) is 29.1. The van der Waals surface area contributed by atoms with E-state index < -0.39 is 11.9 Å². The molecular weight excluding hydrogens is 450 g/mol. The van der Waals surface area contributed by atoms with E-state index in [2.05, 4.69) is 25.1 Å². The number of nitrogens with zero attached hydrogens (tertiary/aromatic N) is 4. The molecule has 0 radical (unpaired) electrons. The largest absolute Gasteiger partial charge is 0.455 e. The number of carbonyl (C=O) groups is 2. The average Bonchev–Trinajstić information content (AvgIpc) is 3.19. The normalized spacial score (nSPS) is 11.2. The smallest absolute Gasteiger partial charge is 0.316 e. The zero-order valence-electron chi connectivity index (χ0n) is 18.4. The summed E-state index contributed by atoms with van der Waals surface area (Å²) in [5.74, 6) is -0.958. The van der Waals surface area contributed by atoms with E-state index in [1.54, 1.807) is 0 Å². The molecule has 0 saturated heterocycles. The number of nitrogens with one attached hydrogen (secondary N) is 1. The van der Waals surface area contributed by atoms with Gasteiger partial charge in [0.05, 0.1) is 11.3 Å². The van der Waals surface area contributed by atoms with Crippen molar-refractivity contribution in [3.05, 3.63) is 66.7 Å². The highest BCUT2D eigenvalue weighted by atomic mass is 32.2. The van der Waals surface area contributed by atoms with Crippen molar-refractivity contribution in [2.24, 2.45) is 0 Å². The maximum Gasteiger partial charge on any atom is 0.316 e. The molecule has 5 rings (SSSR count). The molecular formula is C25H21N5O3S. The van der Waals surface area contributed by atoms with Gasteiger partial charge in [-0.15, -0.1) is 10.2 Å². The minimum atomic E-state index is -0.530. The first-order valence-corrected chi connectivity index (χ1v) is 11.8. The topological polar surface area (TPSA) is 99.0 Å². The minimum Gasteiger partial charge on any atom is -0.455 e. The third kappa shape index (κ3) is 4.29. The molecule has 170 valence electrons. The lowest BCUT2D eigenvalue weighted by atomic mass is 10.1. The lowest BCUT2D eigenvalue weighted by Crippen LogP contribution is -2.21. The Balaban J connectivity index is 1.20. The Morgan fingerprint density at radius 1 is 0.971 bits per heavy atom. The van der Waals surface area contributed by atoms with Crippen molar-refractivity contribution in [1.82, 2.24) is 19.7 Å². The zero-order chi connectivity index (χ0) is 23.5. The van der Waals surface area contributed by atoms with Gasteiger partial charge in [-0.25, -0.2) is 4.98 Å². The number of fused-ring (bicyclic) bond motifs is 4. The van der Waals surface area contributed by atoms with Crippen molar-refractivity contribution in [2.75, 3.05) is 17.7 Å². The number of para-hydroxylation sites is 1. The second-order valence-electron chi connectivity index (χ2n) is 7.55. The molecule has 3 aromatic carbocycles. The SMILES string of the molecule is CCn1c2ccccc2c2nnc(SCC(=O)OCC(=O)Nc3cccc4ccccc34)nc21. The third-order valence-corrected chi connectivity index (χ3v) is 6.23. The van der Waals surface area contributed by atoms with Crippen LogP contribution in [0.1, 0.15) is 6.92 Å². The molecule has 5 aromatic rings. The van der Waals surface area contributed by atoms with Gasteiger partial charge >= 0.3 is 5.97 Å². The molecule has 1 N–H and O–H groups in total. The van der Waals surface area contributed by atoms with Crippen LogP contribution in [0.4, 0.5) is 5.69 Å². The molecule has 0 aliphatic carbocycles. The quantitative estimate of drug-likeness (QED) is 0.277. The van der Waals surface area contributed by atoms with Crippen LogP contribution in [0.15, 0.2) is 71.9 Å². The number of hydrogen-bond acceptors (Lipinski definition) is 7. The molecule has 0 aliphatic rings. The molecule has 0 aliphatic heterocycles. The molecule has 34 heavy (non-hydrogen) atoms. The third-order valence-electron chi connectivity index (χ3n) is 5.42. The van der Waals surface area contributed by atoms with E-state index in [4.69, 9.17) is 4.74 Å². The first-order chi connectivity index (χ1) is 16.6. The molecule has 0 saturated carbocycles. The number of hydrogen-bond donors (Lipinski definition) is 1. The molecule has 0 spiro atoms. The van der Waals surface area contributed by atoms with Gasteiger partial charge in [0, 0.05) is 23.0 Å². The second-order valence-corrected chi connectivity index (χ2v) is 8.49. The summed E-state index contributed by atoms with van der Waals surface area (Å²) in [5, 5.41) is 14.6. The predicted octanol–water partition coefficient (Wildman–Crippen LogP) is 4.43. The molecule has 1 amide bonds. The Kier molecular flexibility index (Phi) is 6.09. The second kappa shape index (κ2) is 9.48. The number of benzene rings is 3. The lowest BCUT2D eigenvalue weighted by molar-refractivity contribution is -0.144. The van der Waals surface area contributed by atoms with Crippen LogP contribution in [0.25, 0.3) is 32.8 Å². The van der Waals surface area contributed by atoms with Crippen LogP contribution in [0.5, 0.6) is 0 Å². The van der Waals surface area contributed by atoms with Crippen LogP contribution < -0.4 is 5.32 Å². The first-order valence-electron chi connectivity index (χ1n) is 10.8. The first kappa shape index (κ1) is 21.8. The highest BCUT2D eigenvalue weighted by Gasteiger charge is 2.15. The van der Waals surface area contributed by atoms with Crippen molar-refractivity contribution < 1.29 is 14.3 Å². The number of aryl methyl sites for hydroxylation is 1. The van der Waals surface area contributed by atoms with Gasteiger partial charge in [0.1, 0.15) is 5.52 Å². The van der Waals surface area contributed by atoms with E-state index in [0.29, 0.717) is 10.8 Å². The van der Waals surface area contributed by atoms with Crippen LogP contribution in [-0.4, -0.2) is 44.0 Å². The Morgan fingerprint density at radius 2 is 1.74 bits per heavy atom. The summed E-state index contributed by atoms with van der Waals surface area (Å²) in [7, 11) is 0. The maximum absolute atomic E-state index is 12.3. The number of anilines is 1. The predicted molar refractivity (Wildman–Crippen MR) is 133 cm³/mol. The fraction of sp³-hybridized carbons (Fsp3) is 0.160. The van der Waals surface area contributed by atoms with Gasteiger partial charge in [0.25, 0.3) is 5.91 Å². The summed E-state index contributed by atoms with van der Waals surface area (Å²) >= 11 is 1.13. The van der Waals surface area contributed by atoms with Crippen molar-refractivity contribution in [1.29, 1.82) is 0 Å². The molecule has 0 atom stereocenters. The fourth-order valence-corrected chi connectivity index (χ4v) is 4.48. The van der Waals surface area contributed by atoms with Crippen LogP contribution >= 0.6 is 11.8 Å². The maximum atomic E-state index is 12.3. The van der Waals surface area contributed by atoms with Gasteiger partial charge < -0.3 is 14.6 Å². The summed E-state index contributed by atoms with van der Waals surface area (Å²) < 4.78 is 7.21. The molecule has 0 unspecified atom stereocenters. The molecule has 0 fully saturated rings. The van der Waals surface area contributed by atoms with Crippen LogP contribution in [-0.2, 0) is 20.9 Å². The molecule has 2 aromatic heterocycles. The number of aromatic nitrogens is 4. The van der Waals surface area contributed by atoms with Gasteiger partial charge in [-0.2, -0.15) is 0 Å². The number of ether oxygens (including phenoxy) is 1. The van der Waals surface area contributed by atoms with E-state index in [1.165, 1.54) is 0 Å². The highest BCUT2D eigenvalue weighted by Crippen LogP contribution is 2.27. The van der Waals surface area contributed by atoms with Crippen molar-refractivity contribution in [3.63, 3.8) is 0 Å². The van der Waals surface area contributed by atoms with Crippen LogP contribution in [0.3, 0.4) is 0 Å². The van der Waals surface area contributed by atoms with Gasteiger partial charge in [-0.05, 0) is 24.4 Å². The Hall–Kier alpha value is -3.98. The summed E-state index contributed by atoms with van der Waals surface area (Å²) in [6.07, 6.45) is 0. The standard InChI is InChI=1S/C25H21N5O3S/c1-2-30-20-13-6-5-11-18(20)23-24(30)27-25(29-28-23)34-15-22(32)33-14-21(31)26-19-12-7-9-16-8-3-4-10-17(16)19/h3-13H,2,14-15H2,1H3,(H,26,31). The van der Waals surface area contributed by atoms with E-state index in [1.807, 2.05) is 73.7 Å². The fourth-order valence-electron chi connectivity index (χ4n) is 3.90. The number of amides is 1. The number of esters is 1. The van der Waals surface area contributed by atoms with Gasteiger partial charge in [0.2, 0.25) is 5.16 Å². The average molecular weight is 472 g/mol. The minimum absolute atomic E-state index is 0.0267. The molecule has 0 bridgehead atoms. The Bertz CT molecular complexity index is 1530. The molecule has 8 nitrogen and oxygen atoms in total. The van der Waals surface area contributed by atoms with Gasteiger partial charge in [0.15, 0.2) is 12.3 Å². The van der Waals surface area contributed by atoms with E-state index in [9.17, 15) is 9.59 Å². The highest BCUT2D eigenvalue weighted by molar-refractivity contribution is 7.99. The van der Waals surface area contributed by atoms with Crippen LogP contribution in [0.2, 0.25) is 0 Å². The lowest BCUT2D eigenvalue weighted by Gasteiger charge is -2.09. The summed E-state index contributed by atoms with van der Waals surface area (Å²) in [5.41, 5.74) is 3.17. The van der Waals surface area contributed by atoms with E-state index in [0.717, 1.165) is 51.1 Å². The monoisotopic (exact) mass is 471 g/mol. The Labute approximate surface area is 199 Å². The summed E-state index contributed by atoms with van der Waals surface area (Å²) in [6, 6.07) is 21.3. The van der Waals surface area contributed by atoms with Gasteiger partial charge in [-0.3, -0.25) is 9.59 Å². The van der Waals surface area contributed by atoms with Crippen molar-refractivity contribution in [3.8, 4) is 0 Å². The van der Waals surface area contributed by atoms with Crippen molar-refractivity contribution >= 4 is 62.2 Å². The molecule has 2 heterocycles. The summed E-state index contributed by atoms with van der Waals surface area (Å²) in [6.45, 7) is 2.41. The Morgan fingerprint density at radius 3 is 2.59 bits per heavy atom. The van der Waals surface area contributed by atoms with Crippen LogP contribution in [0, 0.1) is 0 Å². The number of rotatable bonds is 7. The number of thioether (sulfide) groups is 1. The van der Waals surface area contributed by atoms with Gasteiger partial charge in [-0.1, -0.05) is 66.4 Å². The number of carbonyl (C=O) groups excluding carboxylic acids is 2. The molecule has 9 heteroatoms. The van der Waals surface area contributed by atoms with E-state index in [-0.39, 0.29) is 12.4 Å².